The molecule has 2 heterocycles. The van der Waals surface area contributed by atoms with Gasteiger partial charge in [-0.2, -0.15) is 0 Å². The zero-order valence-electron chi connectivity index (χ0n) is 29.4. The first-order valence-corrected chi connectivity index (χ1v) is 16.9. The third-order valence-electron chi connectivity index (χ3n) is 8.73. The largest absolute Gasteiger partial charge is 0.255 e. The molecule has 0 aliphatic heterocycles. The predicted molar refractivity (Wildman–Crippen MR) is 201 cm³/mol. The SMILES string of the molecule is Cc1cccc(-c2cc(C(C)C)c(/N=C/c3ccccn3)c(C(C)C)c2)c1-c1cc(C(C)C)c(/N=C/c2ccccn2)c(C(C)C)c1. The first kappa shape index (κ1) is 33.7. The van der Waals surface area contributed by atoms with Crippen molar-refractivity contribution in [3.63, 3.8) is 0 Å². The van der Waals surface area contributed by atoms with Crippen LogP contribution in [0.2, 0.25) is 0 Å². The summed E-state index contributed by atoms with van der Waals surface area (Å²) >= 11 is 0. The molecule has 47 heavy (non-hydrogen) atoms. The highest BCUT2D eigenvalue weighted by molar-refractivity contribution is 5.90. The van der Waals surface area contributed by atoms with Crippen LogP contribution in [0.1, 0.15) is 118 Å². The first-order chi connectivity index (χ1) is 22.5. The average Bonchev–Trinajstić information content (AvgIpc) is 3.06. The molecule has 0 atom stereocenters. The Balaban J connectivity index is 1.71. The molecule has 4 heteroatoms. The molecule has 240 valence electrons. The Labute approximate surface area is 281 Å². The van der Waals surface area contributed by atoms with Gasteiger partial charge in [0.1, 0.15) is 0 Å². The van der Waals surface area contributed by atoms with Crippen molar-refractivity contribution in [3.8, 4) is 22.3 Å². The van der Waals surface area contributed by atoms with E-state index in [0.717, 1.165) is 22.8 Å². The smallest absolute Gasteiger partial charge is 0.0812 e. The number of pyridine rings is 2. The van der Waals surface area contributed by atoms with Crippen LogP contribution in [0.15, 0.2) is 101 Å². The number of hydrogen-bond acceptors (Lipinski definition) is 4. The number of aryl methyl sites for hydroxylation is 1. The highest BCUT2D eigenvalue weighted by Crippen LogP contribution is 2.45. The van der Waals surface area contributed by atoms with Crippen LogP contribution >= 0.6 is 0 Å². The van der Waals surface area contributed by atoms with Crippen molar-refractivity contribution >= 4 is 23.8 Å². The van der Waals surface area contributed by atoms with Gasteiger partial charge in [0, 0.05) is 12.4 Å². The van der Waals surface area contributed by atoms with Gasteiger partial charge in [-0.25, -0.2) is 0 Å². The van der Waals surface area contributed by atoms with Gasteiger partial charge in [-0.05, 0) is 129 Å². The second kappa shape index (κ2) is 14.8. The molecule has 2 aromatic heterocycles. The number of benzene rings is 3. The van der Waals surface area contributed by atoms with Crippen molar-refractivity contribution in [3.05, 3.63) is 130 Å². The van der Waals surface area contributed by atoms with E-state index in [1.807, 2.05) is 61.2 Å². The van der Waals surface area contributed by atoms with Crippen LogP contribution in [-0.4, -0.2) is 22.4 Å². The highest BCUT2D eigenvalue weighted by atomic mass is 14.8. The van der Waals surface area contributed by atoms with E-state index in [9.17, 15) is 0 Å². The lowest BCUT2D eigenvalue weighted by molar-refractivity contribution is 0.835. The minimum atomic E-state index is 0.298. The summed E-state index contributed by atoms with van der Waals surface area (Å²) in [6, 6.07) is 28.0. The standard InChI is InChI=1S/C43H48N4/c1-27(2)37-21-32(22-38(28(3)4)42(37)46-25-34-16-10-12-19-44-34)36-18-14-15-31(9)41(36)33-23-39(29(5)6)43(40(24-33)30(7)8)47-26-35-17-11-13-20-45-35/h10-30H,1-9H3/b46-25+,47-26+. The molecule has 5 aromatic rings. The van der Waals surface area contributed by atoms with E-state index in [-0.39, 0.29) is 0 Å². The molecule has 3 aromatic carbocycles. The molecular weight excluding hydrogens is 573 g/mol. The molecule has 0 saturated carbocycles. The first-order valence-electron chi connectivity index (χ1n) is 16.9. The highest BCUT2D eigenvalue weighted by Gasteiger charge is 2.21. The molecule has 0 radical (unpaired) electrons. The minimum absolute atomic E-state index is 0.298. The lowest BCUT2D eigenvalue weighted by Gasteiger charge is -2.23. The maximum Gasteiger partial charge on any atom is 0.0812 e. The van der Waals surface area contributed by atoms with Gasteiger partial charge in [0.2, 0.25) is 0 Å². The summed E-state index contributed by atoms with van der Waals surface area (Å²) in [5.74, 6) is 1.19. The second-order valence-corrected chi connectivity index (χ2v) is 13.6. The maximum absolute atomic E-state index is 5.06. The van der Waals surface area contributed by atoms with Crippen LogP contribution in [0, 0.1) is 6.92 Å². The summed E-state index contributed by atoms with van der Waals surface area (Å²) in [6.07, 6.45) is 7.41. The zero-order valence-corrected chi connectivity index (χ0v) is 29.4. The second-order valence-electron chi connectivity index (χ2n) is 13.6. The predicted octanol–water partition coefficient (Wildman–Crippen LogP) is 12.1. The van der Waals surface area contributed by atoms with Crippen molar-refractivity contribution in [1.82, 2.24) is 9.97 Å². The lowest BCUT2D eigenvalue weighted by atomic mass is 9.83. The summed E-state index contributed by atoms with van der Waals surface area (Å²) in [7, 11) is 0. The summed E-state index contributed by atoms with van der Waals surface area (Å²) < 4.78 is 0. The summed E-state index contributed by atoms with van der Waals surface area (Å²) in [5, 5.41) is 0. The number of rotatable bonds is 10. The van der Waals surface area contributed by atoms with Gasteiger partial charge < -0.3 is 0 Å². The monoisotopic (exact) mass is 620 g/mol. The molecule has 0 saturated heterocycles. The summed E-state index contributed by atoms with van der Waals surface area (Å²) in [5.41, 5.74) is 15.0. The van der Waals surface area contributed by atoms with Gasteiger partial charge >= 0.3 is 0 Å². The van der Waals surface area contributed by atoms with Gasteiger partial charge in [-0.3, -0.25) is 20.0 Å². The van der Waals surface area contributed by atoms with Gasteiger partial charge in [0.15, 0.2) is 0 Å². The Morgan fingerprint density at radius 2 is 0.936 bits per heavy atom. The Hall–Kier alpha value is -4.70. The fraction of sp³-hybridized carbons (Fsp3) is 0.302. The summed E-state index contributed by atoms with van der Waals surface area (Å²) in [4.78, 5) is 19.1. The normalized spacial score (nSPS) is 12.1. The zero-order chi connectivity index (χ0) is 33.7. The van der Waals surface area contributed by atoms with E-state index in [1.54, 1.807) is 0 Å². The van der Waals surface area contributed by atoms with Crippen molar-refractivity contribution in [2.24, 2.45) is 9.98 Å². The lowest BCUT2D eigenvalue weighted by Crippen LogP contribution is -2.01. The molecule has 0 N–H and O–H groups in total. The molecular formula is C43H48N4. The third kappa shape index (κ3) is 7.65. The average molecular weight is 621 g/mol. The van der Waals surface area contributed by atoms with Crippen molar-refractivity contribution in [2.45, 2.75) is 86.0 Å². The molecule has 0 amide bonds. The van der Waals surface area contributed by atoms with E-state index in [0.29, 0.717) is 23.7 Å². The van der Waals surface area contributed by atoms with E-state index in [1.165, 1.54) is 50.1 Å². The number of aromatic nitrogens is 2. The fourth-order valence-electron chi connectivity index (χ4n) is 6.18. The molecule has 0 aliphatic rings. The minimum Gasteiger partial charge on any atom is -0.255 e. The molecule has 0 bridgehead atoms. The van der Waals surface area contributed by atoms with Gasteiger partial charge in [0.25, 0.3) is 0 Å². The fourth-order valence-corrected chi connectivity index (χ4v) is 6.18. The Morgan fingerprint density at radius 1 is 0.511 bits per heavy atom. The van der Waals surface area contributed by atoms with Crippen LogP contribution in [0.3, 0.4) is 0 Å². The van der Waals surface area contributed by atoms with E-state index < -0.39 is 0 Å². The Morgan fingerprint density at radius 3 is 1.32 bits per heavy atom. The van der Waals surface area contributed by atoms with E-state index >= 15 is 0 Å². The number of nitrogens with zero attached hydrogens (tertiary/aromatic N) is 4. The van der Waals surface area contributed by atoms with Crippen LogP contribution in [-0.2, 0) is 0 Å². The molecule has 0 unspecified atom stereocenters. The van der Waals surface area contributed by atoms with Crippen LogP contribution < -0.4 is 0 Å². The van der Waals surface area contributed by atoms with Crippen molar-refractivity contribution < 1.29 is 0 Å². The number of aliphatic imine (C=N–C) groups is 2. The molecule has 5 rings (SSSR count). The Bertz CT molecular complexity index is 1820. The Kier molecular flexibility index (Phi) is 10.6. The van der Waals surface area contributed by atoms with Gasteiger partial charge in [-0.15, -0.1) is 0 Å². The van der Waals surface area contributed by atoms with Crippen LogP contribution in [0.25, 0.3) is 22.3 Å². The maximum atomic E-state index is 5.06. The van der Waals surface area contributed by atoms with E-state index in [2.05, 4.69) is 115 Å². The molecule has 0 spiro atoms. The number of hydrogen-bond donors (Lipinski definition) is 0. The van der Waals surface area contributed by atoms with Crippen molar-refractivity contribution in [2.75, 3.05) is 0 Å². The summed E-state index contributed by atoms with van der Waals surface area (Å²) in [6.45, 7) is 20.3. The van der Waals surface area contributed by atoms with Gasteiger partial charge in [-0.1, -0.05) is 85.7 Å². The van der Waals surface area contributed by atoms with Gasteiger partial charge in [0.05, 0.1) is 35.2 Å². The molecule has 0 fully saturated rings. The van der Waals surface area contributed by atoms with Crippen LogP contribution in [0.5, 0.6) is 0 Å². The molecule has 0 aliphatic carbocycles. The molecule has 4 nitrogen and oxygen atoms in total. The van der Waals surface area contributed by atoms with E-state index in [4.69, 9.17) is 9.98 Å². The quantitative estimate of drug-likeness (QED) is 0.146. The third-order valence-corrected chi connectivity index (χ3v) is 8.73. The van der Waals surface area contributed by atoms with Crippen LogP contribution in [0.4, 0.5) is 11.4 Å². The topological polar surface area (TPSA) is 50.5 Å². The van der Waals surface area contributed by atoms with Crippen molar-refractivity contribution in [1.29, 1.82) is 0 Å².